The Hall–Kier alpha value is -2.07. The van der Waals surface area contributed by atoms with Crippen molar-refractivity contribution in [2.45, 2.75) is 61.7 Å². The number of carboxylic acids is 1. The number of fused-ring (bicyclic) bond motifs is 1. The number of piperidine rings is 1. The van der Waals surface area contributed by atoms with Gasteiger partial charge in [-0.05, 0) is 50.1 Å². The summed E-state index contributed by atoms with van der Waals surface area (Å²) in [6, 6.07) is 7.94. The SMILES string of the molecule is CSc1ccc2ncnc(N3CCC(NC4CCCC4)CC3)c2c1.O=C(O)C(F)(F)F. The van der Waals surface area contributed by atoms with Gasteiger partial charge in [0.15, 0.2) is 0 Å². The van der Waals surface area contributed by atoms with Crippen molar-refractivity contribution in [2.75, 3.05) is 24.2 Å². The van der Waals surface area contributed by atoms with Crippen LogP contribution in [-0.2, 0) is 4.79 Å². The fourth-order valence-electron chi connectivity index (χ4n) is 4.08. The number of carbonyl (C=O) groups is 1. The zero-order valence-corrected chi connectivity index (χ0v) is 18.2. The van der Waals surface area contributed by atoms with E-state index in [1.165, 1.54) is 48.8 Å². The summed E-state index contributed by atoms with van der Waals surface area (Å²) in [5, 5.41) is 12.2. The van der Waals surface area contributed by atoms with Crippen LogP contribution in [0.4, 0.5) is 19.0 Å². The molecule has 1 aliphatic heterocycles. The van der Waals surface area contributed by atoms with Crippen molar-refractivity contribution in [3.05, 3.63) is 24.5 Å². The molecule has 10 heteroatoms. The lowest BCUT2D eigenvalue weighted by molar-refractivity contribution is -0.192. The van der Waals surface area contributed by atoms with E-state index in [2.05, 4.69) is 44.6 Å². The van der Waals surface area contributed by atoms with Gasteiger partial charge in [0.25, 0.3) is 0 Å². The molecule has 31 heavy (non-hydrogen) atoms. The van der Waals surface area contributed by atoms with Crippen molar-refractivity contribution in [3.8, 4) is 0 Å². The second-order valence-electron chi connectivity index (χ2n) is 7.79. The molecule has 6 nitrogen and oxygen atoms in total. The predicted molar refractivity (Wildman–Crippen MR) is 116 cm³/mol. The molecule has 1 aliphatic carbocycles. The Bertz CT molecular complexity index is 883. The van der Waals surface area contributed by atoms with Crippen LogP contribution in [0.25, 0.3) is 10.9 Å². The molecule has 2 N–H and O–H groups in total. The Labute approximate surface area is 183 Å². The number of benzene rings is 1. The maximum Gasteiger partial charge on any atom is 0.490 e. The van der Waals surface area contributed by atoms with Gasteiger partial charge >= 0.3 is 12.1 Å². The van der Waals surface area contributed by atoms with Gasteiger partial charge in [0.05, 0.1) is 5.52 Å². The molecule has 170 valence electrons. The number of alkyl halides is 3. The first-order valence-corrected chi connectivity index (χ1v) is 11.6. The van der Waals surface area contributed by atoms with Gasteiger partial charge in [-0.1, -0.05) is 12.8 Å². The summed E-state index contributed by atoms with van der Waals surface area (Å²) in [7, 11) is 0. The molecular formula is C21H27F3N4O2S. The van der Waals surface area contributed by atoms with Crippen LogP contribution in [0, 0.1) is 0 Å². The average molecular weight is 457 g/mol. The summed E-state index contributed by atoms with van der Waals surface area (Å²) in [5.74, 6) is -1.65. The van der Waals surface area contributed by atoms with Crippen LogP contribution in [0.1, 0.15) is 38.5 Å². The number of halogens is 3. The number of carboxylic acid groups (broad SMARTS) is 1. The van der Waals surface area contributed by atoms with Crippen molar-refractivity contribution in [1.82, 2.24) is 15.3 Å². The third-order valence-electron chi connectivity index (χ3n) is 5.69. The fraction of sp³-hybridized carbons (Fsp3) is 0.571. The van der Waals surface area contributed by atoms with Gasteiger partial charge in [0.1, 0.15) is 12.1 Å². The summed E-state index contributed by atoms with van der Waals surface area (Å²) < 4.78 is 31.7. The van der Waals surface area contributed by atoms with Crippen LogP contribution < -0.4 is 10.2 Å². The highest BCUT2D eigenvalue weighted by atomic mass is 32.2. The monoisotopic (exact) mass is 456 g/mol. The average Bonchev–Trinajstić information content (AvgIpc) is 3.26. The molecule has 0 bridgehead atoms. The van der Waals surface area contributed by atoms with Crippen molar-refractivity contribution >= 4 is 34.5 Å². The minimum atomic E-state index is -5.08. The van der Waals surface area contributed by atoms with E-state index in [0.29, 0.717) is 6.04 Å². The number of hydrogen-bond donors (Lipinski definition) is 2. The topological polar surface area (TPSA) is 78.4 Å². The van der Waals surface area contributed by atoms with E-state index >= 15 is 0 Å². The van der Waals surface area contributed by atoms with E-state index < -0.39 is 12.1 Å². The van der Waals surface area contributed by atoms with E-state index in [1.54, 1.807) is 18.1 Å². The van der Waals surface area contributed by atoms with Crippen LogP contribution in [0.15, 0.2) is 29.4 Å². The van der Waals surface area contributed by atoms with Gasteiger partial charge in [0.2, 0.25) is 0 Å². The van der Waals surface area contributed by atoms with E-state index in [-0.39, 0.29) is 0 Å². The summed E-state index contributed by atoms with van der Waals surface area (Å²) in [6.07, 6.45) is 6.71. The number of aliphatic carboxylic acids is 1. The lowest BCUT2D eigenvalue weighted by Gasteiger charge is -2.35. The molecule has 1 saturated carbocycles. The number of aromatic nitrogens is 2. The first-order valence-electron chi connectivity index (χ1n) is 10.4. The van der Waals surface area contributed by atoms with Crippen molar-refractivity contribution in [1.29, 1.82) is 0 Å². The number of hydrogen-bond acceptors (Lipinski definition) is 6. The molecule has 1 aromatic heterocycles. The number of thioether (sulfide) groups is 1. The highest BCUT2D eigenvalue weighted by molar-refractivity contribution is 7.98. The Morgan fingerprint density at radius 1 is 1.13 bits per heavy atom. The molecule has 1 saturated heterocycles. The molecule has 2 aliphatic rings. The molecule has 0 unspecified atom stereocenters. The van der Waals surface area contributed by atoms with Gasteiger partial charge < -0.3 is 15.3 Å². The maximum absolute atomic E-state index is 10.6. The molecule has 0 radical (unpaired) electrons. The highest BCUT2D eigenvalue weighted by Gasteiger charge is 2.38. The number of nitrogens with one attached hydrogen (secondary N) is 1. The number of nitrogens with zero attached hydrogens (tertiary/aromatic N) is 3. The van der Waals surface area contributed by atoms with Crippen LogP contribution in [0.3, 0.4) is 0 Å². The first kappa shape index (κ1) is 23.6. The minimum absolute atomic E-state index is 0.680. The molecule has 4 rings (SSSR count). The van der Waals surface area contributed by atoms with Crippen LogP contribution in [0.2, 0.25) is 0 Å². The van der Waals surface area contributed by atoms with E-state index in [0.717, 1.165) is 30.5 Å². The smallest absolute Gasteiger partial charge is 0.475 e. The molecule has 0 spiro atoms. The lowest BCUT2D eigenvalue weighted by Crippen LogP contribution is -2.45. The predicted octanol–water partition coefficient (Wildman–Crippen LogP) is 4.49. The highest BCUT2D eigenvalue weighted by Crippen LogP contribution is 2.29. The Morgan fingerprint density at radius 3 is 2.32 bits per heavy atom. The standard InChI is InChI=1S/C19H26N4S.C2HF3O2/c1-24-16-6-7-18-17(12-16)19(21-13-20-18)23-10-8-15(9-11-23)22-14-4-2-3-5-14;3-2(4,5)1(6)7/h6-7,12-15,22H,2-5,8-11H2,1H3;(H,6,7). The van der Waals surface area contributed by atoms with Crippen molar-refractivity contribution < 1.29 is 23.1 Å². The normalized spacial score (nSPS) is 18.1. The Kier molecular flexibility index (Phi) is 7.99. The minimum Gasteiger partial charge on any atom is -0.475 e. The van der Waals surface area contributed by atoms with E-state index in [4.69, 9.17) is 9.90 Å². The van der Waals surface area contributed by atoms with E-state index in [1.807, 2.05) is 0 Å². The van der Waals surface area contributed by atoms with Crippen molar-refractivity contribution in [3.63, 3.8) is 0 Å². The second kappa shape index (κ2) is 10.5. The molecule has 2 fully saturated rings. The summed E-state index contributed by atoms with van der Waals surface area (Å²) in [6.45, 7) is 2.17. The summed E-state index contributed by atoms with van der Waals surface area (Å²) in [5.41, 5.74) is 1.05. The van der Waals surface area contributed by atoms with Gasteiger partial charge in [0, 0.05) is 35.5 Å². The number of anilines is 1. The first-order chi connectivity index (χ1) is 14.8. The van der Waals surface area contributed by atoms with E-state index in [9.17, 15) is 13.2 Å². The van der Waals surface area contributed by atoms with Gasteiger partial charge in [-0.3, -0.25) is 0 Å². The van der Waals surface area contributed by atoms with Crippen LogP contribution in [0.5, 0.6) is 0 Å². The third kappa shape index (κ3) is 6.46. The van der Waals surface area contributed by atoms with Gasteiger partial charge in [-0.15, -0.1) is 11.8 Å². The maximum atomic E-state index is 10.6. The summed E-state index contributed by atoms with van der Waals surface area (Å²) in [4.78, 5) is 21.7. The van der Waals surface area contributed by atoms with Crippen LogP contribution >= 0.6 is 11.8 Å². The largest absolute Gasteiger partial charge is 0.490 e. The molecule has 1 aromatic carbocycles. The fourth-order valence-corrected chi connectivity index (χ4v) is 4.52. The van der Waals surface area contributed by atoms with Crippen molar-refractivity contribution in [2.24, 2.45) is 0 Å². The Balaban J connectivity index is 0.000000339. The van der Waals surface area contributed by atoms with Gasteiger partial charge in [-0.2, -0.15) is 13.2 Å². The third-order valence-corrected chi connectivity index (χ3v) is 6.41. The zero-order valence-electron chi connectivity index (χ0n) is 17.4. The zero-order chi connectivity index (χ0) is 22.4. The second-order valence-corrected chi connectivity index (χ2v) is 8.67. The number of rotatable bonds is 4. The molecule has 2 heterocycles. The lowest BCUT2D eigenvalue weighted by atomic mass is 10.0. The quantitative estimate of drug-likeness (QED) is 0.657. The molecular weight excluding hydrogens is 429 g/mol. The summed E-state index contributed by atoms with van der Waals surface area (Å²) >= 11 is 1.77. The molecule has 0 atom stereocenters. The Morgan fingerprint density at radius 2 is 1.74 bits per heavy atom. The molecule has 2 aromatic rings. The van der Waals surface area contributed by atoms with Gasteiger partial charge in [-0.25, -0.2) is 14.8 Å². The molecule has 0 amide bonds. The van der Waals surface area contributed by atoms with Crippen LogP contribution in [-0.4, -0.2) is 58.6 Å².